The van der Waals surface area contributed by atoms with Gasteiger partial charge in [-0.25, -0.2) is 4.57 Å². The number of rotatable bonds is 38. The van der Waals surface area contributed by atoms with Gasteiger partial charge in [0.05, 0.1) is 27.7 Å². The van der Waals surface area contributed by atoms with Crippen LogP contribution in [0.25, 0.3) is 0 Å². The first-order valence-electron chi connectivity index (χ1n) is 22.0. The molecule has 0 aliphatic carbocycles. The molecule has 0 aliphatic heterocycles. The predicted octanol–water partition coefficient (Wildman–Crippen LogP) is 12.6. The molecule has 0 aliphatic rings. The average molecular weight is 831 g/mol. The number of likely N-dealkylation sites (N-methyl/N-ethyl adjacent to an activating group) is 1. The highest BCUT2D eigenvalue weighted by molar-refractivity contribution is 7.47. The van der Waals surface area contributed by atoms with Crippen molar-refractivity contribution in [3.05, 3.63) is 97.2 Å². The van der Waals surface area contributed by atoms with Crippen molar-refractivity contribution in [2.75, 3.05) is 47.5 Å². The van der Waals surface area contributed by atoms with Crippen molar-refractivity contribution in [2.24, 2.45) is 0 Å². The highest BCUT2D eigenvalue weighted by Crippen LogP contribution is 2.43. The van der Waals surface area contributed by atoms with Crippen LogP contribution >= 0.6 is 7.82 Å². The molecule has 0 radical (unpaired) electrons. The molecule has 1 unspecified atom stereocenters. The molecule has 0 rings (SSSR count). The Kier molecular flexibility index (Phi) is 37.3. The zero-order valence-electron chi connectivity index (χ0n) is 37.0. The summed E-state index contributed by atoms with van der Waals surface area (Å²) in [5.74, 6) is -0.912. The fraction of sp³-hybridized carbons (Fsp3) is 0.625. The number of allylic oxidation sites excluding steroid dienone is 16. The van der Waals surface area contributed by atoms with Gasteiger partial charge in [0, 0.05) is 12.8 Å². The van der Waals surface area contributed by atoms with Gasteiger partial charge in [-0.1, -0.05) is 137 Å². The van der Waals surface area contributed by atoms with Crippen molar-refractivity contribution >= 4 is 19.8 Å². The van der Waals surface area contributed by atoms with Crippen LogP contribution in [0.4, 0.5) is 0 Å². The van der Waals surface area contributed by atoms with Gasteiger partial charge in [-0.05, 0) is 89.9 Å². The second-order valence-electron chi connectivity index (χ2n) is 15.4. The summed E-state index contributed by atoms with van der Waals surface area (Å²) < 4.78 is 34.2. The Morgan fingerprint density at radius 1 is 0.534 bits per heavy atom. The Bertz CT molecular complexity index is 1300. The van der Waals surface area contributed by atoms with Gasteiger partial charge in [-0.3, -0.25) is 18.6 Å². The highest BCUT2D eigenvalue weighted by atomic mass is 31.2. The number of nitrogens with zero attached hydrogens (tertiary/aromatic N) is 1. The minimum atomic E-state index is -4.40. The molecule has 10 heteroatoms. The molecule has 0 aromatic carbocycles. The number of ether oxygens (including phenoxy) is 2. The summed E-state index contributed by atoms with van der Waals surface area (Å²) in [7, 11) is 1.41. The standard InChI is InChI=1S/C48H80NO8P/c1-6-8-10-12-14-16-18-20-22-24-26-28-30-32-34-36-38-40-47(50)54-44-46(45-56-58(52,53)55-43-42-49(3,4)5)57-48(51)41-39-37-35-33-31-29-27-25-23-21-19-17-15-13-11-9-7-2/h11,13-14,16-17,19-20,22-23,25-26,28-29,31-32,34,46H,6-10,12,15,18,21,24,27,30,33,35-45H2,1-5H3/p+1/b13-11+,16-14+,19-17+,22-20+,25-23+,28-26+,31-29+,34-32+/t46-/m1/s1. The van der Waals surface area contributed by atoms with Gasteiger partial charge in [0.1, 0.15) is 19.8 Å². The first kappa shape index (κ1) is 54.9. The predicted molar refractivity (Wildman–Crippen MR) is 242 cm³/mol. The highest BCUT2D eigenvalue weighted by Gasteiger charge is 2.27. The van der Waals surface area contributed by atoms with Crippen LogP contribution in [0.5, 0.6) is 0 Å². The molecule has 0 saturated heterocycles. The lowest BCUT2D eigenvalue weighted by Gasteiger charge is -2.24. The van der Waals surface area contributed by atoms with Gasteiger partial charge >= 0.3 is 19.8 Å². The zero-order chi connectivity index (χ0) is 42.8. The van der Waals surface area contributed by atoms with Crippen LogP contribution in [0.15, 0.2) is 97.2 Å². The largest absolute Gasteiger partial charge is 0.472 e. The summed E-state index contributed by atoms with van der Waals surface area (Å²) >= 11 is 0. The number of hydrogen-bond donors (Lipinski definition) is 1. The molecule has 0 aromatic heterocycles. The second kappa shape index (κ2) is 39.4. The van der Waals surface area contributed by atoms with Crippen LogP contribution in [0, 0.1) is 0 Å². The van der Waals surface area contributed by atoms with Gasteiger partial charge < -0.3 is 18.9 Å². The Labute approximate surface area is 353 Å². The van der Waals surface area contributed by atoms with Crippen molar-refractivity contribution in [2.45, 2.75) is 148 Å². The number of quaternary nitrogens is 1. The monoisotopic (exact) mass is 831 g/mol. The molecule has 58 heavy (non-hydrogen) atoms. The molecule has 0 bridgehead atoms. The van der Waals surface area contributed by atoms with E-state index in [1.54, 1.807) is 0 Å². The lowest BCUT2D eigenvalue weighted by Crippen LogP contribution is -2.37. The summed E-state index contributed by atoms with van der Waals surface area (Å²) in [6.45, 7) is 4.19. The van der Waals surface area contributed by atoms with E-state index in [0.29, 0.717) is 23.9 Å². The molecule has 0 amide bonds. The fourth-order valence-electron chi connectivity index (χ4n) is 5.11. The topological polar surface area (TPSA) is 108 Å². The van der Waals surface area contributed by atoms with E-state index < -0.39 is 32.5 Å². The maximum absolute atomic E-state index is 12.7. The average Bonchev–Trinajstić information content (AvgIpc) is 3.17. The SMILES string of the molecule is CCC/C=C/C/C=C/C/C=C/C/C=C/CCCCCC(=O)O[C@H](COC(=O)CCC/C=C/C/C=C/C/C=C/C/C=C/CCCCC)COP(=O)(O)OCC[N+](C)(C)C. The number of carbonyl (C=O) groups is 2. The molecule has 1 N–H and O–H groups in total. The van der Waals surface area contributed by atoms with E-state index in [2.05, 4.69) is 111 Å². The van der Waals surface area contributed by atoms with Gasteiger partial charge in [0.2, 0.25) is 0 Å². The van der Waals surface area contributed by atoms with Crippen LogP contribution in [-0.2, 0) is 32.7 Å². The zero-order valence-corrected chi connectivity index (χ0v) is 37.9. The number of esters is 2. The van der Waals surface area contributed by atoms with E-state index in [-0.39, 0.29) is 26.1 Å². The van der Waals surface area contributed by atoms with Crippen LogP contribution in [0.3, 0.4) is 0 Å². The molecule has 2 atom stereocenters. The lowest BCUT2D eigenvalue weighted by molar-refractivity contribution is -0.870. The van der Waals surface area contributed by atoms with E-state index in [9.17, 15) is 19.0 Å². The summed E-state index contributed by atoms with van der Waals surface area (Å²) in [5.41, 5.74) is 0. The maximum atomic E-state index is 12.7. The molecule has 9 nitrogen and oxygen atoms in total. The normalized spacial score (nSPS) is 14.5. The van der Waals surface area contributed by atoms with Crippen LogP contribution < -0.4 is 0 Å². The molecule has 0 aromatic rings. The third-order valence-corrected chi connectivity index (χ3v) is 9.55. The number of carbonyl (C=O) groups excluding carboxylic acids is 2. The van der Waals surface area contributed by atoms with Crippen molar-refractivity contribution in [1.82, 2.24) is 0 Å². The minimum absolute atomic E-state index is 0.0110. The molecule has 0 fully saturated rings. The summed E-state index contributed by atoms with van der Waals surface area (Å²) in [4.78, 5) is 35.3. The minimum Gasteiger partial charge on any atom is -0.462 e. The number of hydrogen-bond acceptors (Lipinski definition) is 7. The first-order chi connectivity index (χ1) is 28.0. The van der Waals surface area contributed by atoms with E-state index in [0.717, 1.165) is 70.6 Å². The Hall–Kier alpha value is -3.07. The molecular formula is C48H81NO8P+. The quantitative estimate of drug-likeness (QED) is 0.0215. The fourth-order valence-corrected chi connectivity index (χ4v) is 5.85. The molecular weight excluding hydrogens is 750 g/mol. The van der Waals surface area contributed by atoms with Gasteiger partial charge in [0.15, 0.2) is 6.10 Å². The van der Waals surface area contributed by atoms with Gasteiger partial charge in [0.25, 0.3) is 0 Å². The van der Waals surface area contributed by atoms with E-state index in [4.69, 9.17) is 18.5 Å². The molecule has 330 valence electrons. The third kappa shape index (κ3) is 42.5. The molecule has 0 heterocycles. The summed E-state index contributed by atoms with van der Waals surface area (Å²) in [6.07, 6.45) is 51.7. The van der Waals surface area contributed by atoms with E-state index >= 15 is 0 Å². The van der Waals surface area contributed by atoms with Gasteiger partial charge in [-0.15, -0.1) is 0 Å². The second-order valence-corrected chi connectivity index (χ2v) is 16.8. The van der Waals surface area contributed by atoms with Crippen LogP contribution in [-0.4, -0.2) is 74.9 Å². The smallest absolute Gasteiger partial charge is 0.462 e. The first-order valence-corrected chi connectivity index (χ1v) is 23.5. The lowest BCUT2D eigenvalue weighted by atomic mass is 10.1. The van der Waals surface area contributed by atoms with Crippen molar-refractivity contribution in [1.29, 1.82) is 0 Å². The summed E-state index contributed by atoms with van der Waals surface area (Å²) in [6, 6.07) is 0. The van der Waals surface area contributed by atoms with Gasteiger partial charge in [-0.2, -0.15) is 0 Å². The molecule has 0 spiro atoms. The van der Waals surface area contributed by atoms with Crippen LogP contribution in [0.2, 0.25) is 0 Å². The van der Waals surface area contributed by atoms with E-state index in [1.807, 2.05) is 21.1 Å². The summed E-state index contributed by atoms with van der Waals surface area (Å²) in [5, 5.41) is 0. The van der Waals surface area contributed by atoms with Crippen molar-refractivity contribution in [3.8, 4) is 0 Å². The third-order valence-electron chi connectivity index (χ3n) is 8.57. The Morgan fingerprint density at radius 2 is 0.983 bits per heavy atom. The van der Waals surface area contributed by atoms with Crippen LogP contribution in [0.1, 0.15) is 142 Å². The van der Waals surface area contributed by atoms with Crippen molar-refractivity contribution < 1.29 is 42.1 Å². The number of unbranched alkanes of at least 4 members (excludes halogenated alkanes) is 8. The van der Waals surface area contributed by atoms with Crippen molar-refractivity contribution in [3.63, 3.8) is 0 Å². The Morgan fingerprint density at radius 3 is 1.47 bits per heavy atom. The number of phosphoric acid groups is 1. The maximum Gasteiger partial charge on any atom is 0.472 e. The van der Waals surface area contributed by atoms with E-state index in [1.165, 1.54) is 32.1 Å². The number of phosphoric ester groups is 1. The molecule has 0 saturated carbocycles. The Balaban J connectivity index is 4.55.